The van der Waals surface area contributed by atoms with Crippen molar-refractivity contribution in [2.75, 3.05) is 4.90 Å². The van der Waals surface area contributed by atoms with Crippen LogP contribution in [0, 0.1) is 6.92 Å². The van der Waals surface area contributed by atoms with E-state index >= 15 is 0 Å². The lowest BCUT2D eigenvalue weighted by Gasteiger charge is -2.45. The van der Waals surface area contributed by atoms with E-state index in [1.54, 1.807) is 4.90 Å². The fourth-order valence-electron chi connectivity index (χ4n) is 2.81. The Labute approximate surface area is 125 Å². The van der Waals surface area contributed by atoms with Crippen molar-refractivity contribution in [3.63, 3.8) is 0 Å². The highest BCUT2D eigenvalue weighted by molar-refractivity contribution is 6.05. The number of hydrogen-bond acceptors (Lipinski definition) is 2. The van der Waals surface area contributed by atoms with Crippen molar-refractivity contribution in [1.29, 1.82) is 0 Å². The second kappa shape index (κ2) is 5.34. The van der Waals surface area contributed by atoms with E-state index in [4.69, 9.17) is 5.73 Å². The molecule has 1 amide bonds. The van der Waals surface area contributed by atoms with E-state index in [2.05, 4.69) is 31.2 Å². The van der Waals surface area contributed by atoms with Gasteiger partial charge in [0.1, 0.15) is 6.04 Å². The van der Waals surface area contributed by atoms with Gasteiger partial charge in [-0.15, -0.1) is 0 Å². The fraction of sp³-hybridized carbons (Fsp3) is 0.278. The van der Waals surface area contributed by atoms with Crippen LogP contribution in [-0.4, -0.2) is 11.9 Å². The SMILES string of the molecule is CCc1ccc([C@H]2[C@H](N)C(=O)N2c2ccc(C)cc2)cc1. The van der Waals surface area contributed by atoms with Crippen LogP contribution in [0.5, 0.6) is 0 Å². The Balaban J connectivity index is 1.92. The Morgan fingerprint density at radius 2 is 1.67 bits per heavy atom. The Hall–Kier alpha value is -2.13. The maximum Gasteiger partial charge on any atom is 0.247 e. The normalized spacial score (nSPS) is 21.3. The number of rotatable bonds is 3. The highest BCUT2D eigenvalue weighted by Crippen LogP contribution is 2.38. The van der Waals surface area contributed by atoms with Crippen molar-refractivity contribution in [2.24, 2.45) is 5.73 Å². The molecule has 2 aromatic rings. The molecular formula is C18H20N2O. The first-order chi connectivity index (χ1) is 10.1. The number of amides is 1. The first-order valence-electron chi connectivity index (χ1n) is 7.36. The average molecular weight is 280 g/mol. The third-order valence-corrected chi connectivity index (χ3v) is 4.18. The monoisotopic (exact) mass is 280 g/mol. The van der Waals surface area contributed by atoms with Crippen LogP contribution in [0.1, 0.15) is 29.7 Å². The molecule has 2 atom stereocenters. The molecule has 0 aromatic heterocycles. The molecule has 0 unspecified atom stereocenters. The van der Waals surface area contributed by atoms with Crippen LogP contribution in [0.3, 0.4) is 0 Å². The maximum absolute atomic E-state index is 12.2. The van der Waals surface area contributed by atoms with Gasteiger partial charge in [-0.05, 0) is 36.6 Å². The highest BCUT2D eigenvalue weighted by Gasteiger charge is 2.46. The first-order valence-corrected chi connectivity index (χ1v) is 7.36. The van der Waals surface area contributed by atoms with Crippen molar-refractivity contribution in [3.8, 4) is 0 Å². The zero-order valence-corrected chi connectivity index (χ0v) is 12.4. The molecule has 21 heavy (non-hydrogen) atoms. The Bertz CT molecular complexity index is 646. The minimum Gasteiger partial charge on any atom is -0.318 e. The van der Waals surface area contributed by atoms with E-state index in [1.165, 1.54) is 11.1 Å². The van der Waals surface area contributed by atoms with Gasteiger partial charge in [0, 0.05) is 5.69 Å². The zero-order chi connectivity index (χ0) is 15.0. The van der Waals surface area contributed by atoms with Gasteiger partial charge >= 0.3 is 0 Å². The number of nitrogens with two attached hydrogens (primary N) is 1. The molecule has 0 saturated carbocycles. The summed E-state index contributed by atoms with van der Waals surface area (Å²) >= 11 is 0. The molecule has 3 rings (SSSR count). The Morgan fingerprint density at radius 3 is 2.24 bits per heavy atom. The summed E-state index contributed by atoms with van der Waals surface area (Å²) in [6.07, 6.45) is 1.01. The third kappa shape index (κ3) is 2.34. The molecule has 2 N–H and O–H groups in total. The molecule has 0 spiro atoms. The number of benzene rings is 2. The van der Waals surface area contributed by atoms with E-state index in [0.29, 0.717) is 0 Å². The molecule has 0 bridgehead atoms. The summed E-state index contributed by atoms with van der Waals surface area (Å²) in [5.74, 6) is -0.0107. The molecule has 1 saturated heterocycles. The van der Waals surface area contributed by atoms with Gasteiger partial charge in [-0.25, -0.2) is 0 Å². The predicted octanol–water partition coefficient (Wildman–Crippen LogP) is 2.97. The summed E-state index contributed by atoms with van der Waals surface area (Å²) in [4.78, 5) is 14.0. The number of aryl methyl sites for hydroxylation is 2. The summed E-state index contributed by atoms with van der Waals surface area (Å²) in [6, 6.07) is 15.9. The van der Waals surface area contributed by atoms with Crippen LogP contribution in [0.2, 0.25) is 0 Å². The van der Waals surface area contributed by atoms with Gasteiger partial charge in [0.05, 0.1) is 6.04 Å². The summed E-state index contributed by atoms with van der Waals surface area (Å²) in [5.41, 5.74) is 10.5. The number of anilines is 1. The Kier molecular flexibility index (Phi) is 3.52. The summed E-state index contributed by atoms with van der Waals surface area (Å²) in [6.45, 7) is 4.17. The molecule has 3 heteroatoms. The van der Waals surface area contributed by atoms with Gasteiger partial charge in [0.15, 0.2) is 0 Å². The molecular weight excluding hydrogens is 260 g/mol. The molecule has 3 nitrogen and oxygen atoms in total. The lowest BCUT2D eigenvalue weighted by molar-refractivity contribution is -0.126. The van der Waals surface area contributed by atoms with E-state index in [0.717, 1.165) is 17.7 Å². The van der Waals surface area contributed by atoms with Crippen LogP contribution in [0.25, 0.3) is 0 Å². The minimum absolute atomic E-state index is 0.0107. The standard InChI is InChI=1S/C18H20N2O/c1-3-13-6-8-14(9-7-13)17-16(19)18(21)20(17)15-10-4-12(2)5-11-15/h4-11,16-17H,3,19H2,1-2H3/t16-,17-/m0/s1. The Morgan fingerprint density at radius 1 is 1.05 bits per heavy atom. The van der Waals surface area contributed by atoms with Crippen LogP contribution < -0.4 is 10.6 Å². The second-order valence-electron chi connectivity index (χ2n) is 5.61. The van der Waals surface area contributed by atoms with E-state index in [9.17, 15) is 4.79 Å². The van der Waals surface area contributed by atoms with Gasteiger partial charge < -0.3 is 10.6 Å². The van der Waals surface area contributed by atoms with Gasteiger partial charge in [0.25, 0.3) is 0 Å². The van der Waals surface area contributed by atoms with Crippen LogP contribution in [0.15, 0.2) is 48.5 Å². The smallest absolute Gasteiger partial charge is 0.247 e. The number of carbonyl (C=O) groups excluding carboxylic acids is 1. The highest BCUT2D eigenvalue weighted by atomic mass is 16.2. The van der Waals surface area contributed by atoms with Gasteiger partial charge in [-0.3, -0.25) is 4.79 Å². The molecule has 108 valence electrons. The second-order valence-corrected chi connectivity index (χ2v) is 5.61. The number of carbonyl (C=O) groups is 1. The van der Waals surface area contributed by atoms with Gasteiger partial charge in [0.2, 0.25) is 5.91 Å². The van der Waals surface area contributed by atoms with Crippen molar-refractivity contribution < 1.29 is 4.79 Å². The lowest BCUT2D eigenvalue weighted by Crippen LogP contribution is -2.63. The summed E-state index contributed by atoms with van der Waals surface area (Å²) < 4.78 is 0. The molecule has 1 fully saturated rings. The predicted molar refractivity (Wildman–Crippen MR) is 85.2 cm³/mol. The van der Waals surface area contributed by atoms with Gasteiger partial charge in [-0.2, -0.15) is 0 Å². The minimum atomic E-state index is -0.446. The molecule has 1 aliphatic heterocycles. The largest absolute Gasteiger partial charge is 0.318 e. The van der Waals surface area contributed by atoms with Crippen molar-refractivity contribution in [3.05, 3.63) is 65.2 Å². The van der Waals surface area contributed by atoms with E-state index < -0.39 is 6.04 Å². The number of β-lactam (4-membered cyclic amide) rings is 1. The van der Waals surface area contributed by atoms with E-state index in [-0.39, 0.29) is 11.9 Å². The van der Waals surface area contributed by atoms with Crippen LogP contribution >= 0.6 is 0 Å². The summed E-state index contributed by atoms with van der Waals surface area (Å²) in [5, 5.41) is 0. The van der Waals surface area contributed by atoms with Crippen LogP contribution in [-0.2, 0) is 11.2 Å². The van der Waals surface area contributed by atoms with Gasteiger partial charge in [-0.1, -0.05) is 48.9 Å². The molecule has 1 heterocycles. The van der Waals surface area contributed by atoms with Crippen molar-refractivity contribution in [2.45, 2.75) is 32.4 Å². The van der Waals surface area contributed by atoms with E-state index in [1.807, 2.05) is 31.2 Å². The topological polar surface area (TPSA) is 46.3 Å². The molecule has 1 aliphatic rings. The average Bonchev–Trinajstić information content (AvgIpc) is 2.53. The number of nitrogens with zero attached hydrogens (tertiary/aromatic N) is 1. The fourth-order valence-corrected chi connectivity index (χ4v) is 2.81. The third-order valence-electron chi connectivity index (χ3n) is 4.18. The molecule has 0 radical (unpaired) electrons. The molecule has 0 aliphatic carbocycles. The zero-order valence-electron chi connectivity index (χ0n) is 12.4. The molecule has 2 aromatic carbocycles. The van der Waals surface area contributed by atoms with Crippen molar-refractivity contribution >= 4 is 11.6 Å². The first kappa shape index (κ1) is 13.8. The quantitative estimate of drug-likeness (QED) is 0.879. The van der Waals surface area contributed by atoms with Crippen molar-refractivity contribution in [1.82, 2.24) is 0 Å². The lowest BCUT2D eigenvalue weighted by atomic mass is 9.88. The number of hydrogen-bond donors (Lipinski definition) is 1. The van der Waals surface area contributed by atoms with Crippen LogP contribution in [0.4, 0.5) is 5.69 Å². The summed E-state index contributed by atoms with van der Waals surface area (Å²) in [7, 11) is 0. The maximum atomic E-state index is 12.2.